The predicted molar refractivity (Wildman–Crippen MR) is 221 cm³/mol. The van der Waals surface area contributed by atoms with Gasteiger partial charge in [-0.2, -0.15) is 13.7 Å². The van der Waals surface area contributed by atoms with Gasteiger partial charge in [0.2, 0.25) is 11.8 Å². The maximum absolute atomic E-state index is 13.6. The summed E-state index contributed by atoms with van der Waals surface area (Å²) in [6.07, 6.45) is 4.71. The summed E-state index contributed by atoms with van der Waals surface area (Å²) in [6.45, 7) is 10.1. The number of ether oxygens (including phenoxy) is 1. The zero-order chi connectivity index (χ0) is 41.4. The molecular weight excluding hydrogens is 794 g/mol. The molecule has 0 radical (unpaired) electrons. The number of piperazine rings is 1. The van der Waals surface area contributed by atoms with Crippen molar-refractivity contribution in [3.8, 4) is 11.8 Å². The Morgan fingerprint density at radius 3 is 2.12 bits per heavy atom. The van der Waals surface area contributed by atoms with Gasteiger partial charge in [-0.05, 0) is 92.6 Å². The number of benzene rings is 3. The number of nitrogens with one attached hydrogen (secondary N) is 1. The third-order valence-corrected chi connectivity index (χ3v) is 14.6. The summed E-state index contributed by atoms with van der Waals surface area (Å²) in [6, 6.07) is 18.2. The van der Waals surface area contributed by atoms with Crippen LogP contribution >= 0.6 is 11.6 Å². The number of imide groups is 2. The van der Waals surface area contributed by atoms with Crippen molar-refractivity contribution < 1.29 is 36.3 Å². The maximum Gasteiger partial charge on any atom is 0.394 e. The Morgan fingerprint density at radius 1 is 0.797 bits per heavy atom. The average molecular weight is 841 g/mol. The molecule has 14 nitrogen and oxygen atoms in total. The van der Waals surface area contributed by atoms with Crippen LogP contribution < -0.4 is 19.9 Å². The summed E-state index contributed by atoms with van der Waals surface area (Å²) in [5.41, 5.74) is 2.84. The molecule has 4 fully saturated rings. The number of halogens is 1. The first-order valence-corrected chi connectivity index (χ1v) is 22.1. The molecule has 3 saturated heterocycles. The number of hydrogen-bond donors (Lipinski definition) is 1. The molecule has 5 aliphatic rings. The Hall–Kier alpha value is -5.30. The fraction of sp³-hybridized carbons (Fsp3) is 0.442. The fourth-order valence-corrected chi connectivity index (χ4v) is 10.6. The van der Waals surface area contributed by atoms with Crippen molar-refractivity contribution in [1.82, 2.24) is 15.1 Å². The minimum absolute atomic E-state index is 0.0756. The summed E-state index contributed by atoms with van der Waals surface area (Å²) in [7, 11) is -3.79. The van der Waals surface area contributed by atoms with Gasteiger partial charge in [0.15, 0.2) is 6.04 Å². The van der Waals surface area contributed by atoms with Crippen LogP contribution in [0.15, 0.2) is 65.6 Å². The first kappa shape index (κ1) is 40.5. The molecule has 59 heavy (non-hydrogen) atoms. The third-order valence-electron chi connectivity index (χ3n) is 12.5. The summed E-state index contributed by atoms with van der Waals surface area (Å²) in [4.78, 5) is 58.8. The summed E-state index contributed by atoms with van der Waals surface area (Å²) in [5.74, 6) is -0.889. The van der Waals surface area contributed by atoms with Gasteiger partial charge in [0.05, 0.1) is 27.8 Å². The van der Waals surface area contributed by atoms with E-state index in [9.17, 15) is 27.6 Å². The third kappa shape index (κ3) is 8.31. The quantitative estimate of drug-likeness (QED) is 0.175. The lowest BCUT2D eigenvalue weighted by Gasteiger charge is -2.40. The van der Waals surface area contributed by atoms with Gasteiger partial charge in [-0.3, -0.25) is 34.3 Å². The highest BCUT2D eigenvalue weighted by Gasteiger charge is 2.45. The summed E-state index contributed by atoms with van der Waals surface area (Å²) in [5, 5.41) is 11.7. The Labute approximate surface area is 349 Å². The maximum atomic E-state index is 13.6. The molecule has 0 aromatic heterocycles. The highest BCUT2D eigenvalue weighted by Crippen LogP contribution is 2.34. The molecule has 1 aliphatic carbocycles. The molecule has 1 N–H and O–H groups in total. The first-order valence-electron chi connectivity index (χ1n) is 20.3. The van der Waals surface area contributed by atoms with Gasteiger partial charge in [-0.15, -0.1) is 3.98 Å². The van der Waals surface area contributed by atoms with E-state index in [0.29, 0.717) is 53.5 Å². The molecule has 3 aromatic rings. The molecule has 3 aromatic carbocycles. The summed E-state index contributed by atoms with van der Waals surface area (Å²) < 4.78 is 34.5. The second-order valence-electron chi connectivity index (χ2n) is 16.1. The van der Waals surface area contributed by atoms with Gasteiger partial charge in [0.25, 0.3) is 11.8 Å². The first-order chi connectivity index (χ1) is 28.4. The van der Waals surface area contributed by atoms with Gasteiger partial charge in [-0.25, -0.2) is 0 Å². The van der Waals surface area contributed by atoms with Crippen LogP contribution in [-0.2, 0) is 19.6 Å². The Kier molecular flexibility index (Phi) is 11.5. The van der Waals surface area contributed by atoms with E-state index in [4.69, 9.17) is 21.6 Å². The van der Waals surface area contributed by atoms with Crippen LogP contribution in [0.5, 0.6) is 5.75 Å². The minimum atomic E-state index is -3.79. The molecule has 1 atom stereocenters. The number of piperidine rings is 2. The van der Waals surface area contributed by atoms with Crippen molar-refractivity contribution in [3.05, 3.63) is 82.4 Å². The minimum Gasteiger partial charge on any atom is -0.490 e. The van der Waals surface area contributed by atoms with Crippen LogP contribution in [0.2, 0.25) is 5.02 Å². The monoisotopic (exact) mass is 840 g/mol. The van der Waals surface area contributed by atoms with Crippen LogP contribution in [0.25, 0.3) is 0 Å². The van der Waals surface area contributed by atoms with Gasteiger partial charge in [-0.1, -0.05) is 11.6 Å². The van der Waals surface area contributed by atoms with Gasteiger partial charge >= 0.3 is 10.0 Å². The van der Waals surface area contributed by atoms with Crippen LogP contribution in [0.4, 0.5) is 11.4 Å². The number of fused-ring (bicyclic) bond motifs is 1. The Balaban J connectivity index is 0.779. The van der Waals surface area contributed by atoms with E-state index in [-0.39, 0.29) is 35.4 Å². The smallest absolute Gasteiger partial charge is 0.394 e. The number of sulfonamides is 1. The second kappa shape index (κ2) is 16.8. The fourth-order valence-electron chi connectivity index (χ4n) is 9.05. The lowest BCUT2D eigenvalue weighted by Crippen LogP contribution is -2.54. The highest BCUT2D eigenvalue weighted by molar-refractivity contribution is 7.85. The van der Waals surface area contributed by atoms with E-state index in [2.05, 4.69) is 26.7 Å². The molecule has 16 heteroatoms. The number of nitriles is 1. The highest BCUT2D eigenvalue weighted by atomic mass is 35.5. The van der Waals surface area contributed by atoms with Gasteiger partial charge in [0.1, 0.15) is 29.5 Å². The van der Waals surface area contributed by atoms with Crippen molar-refractivity contribution >= 4 is 63.3 Å². The standard InChI is InChI=1S/C43H46ClN7O7S/c1-47(30-3-9-33(10-4-30)58-34-8-2-29(26-45)38(44)25-34)59(56,57)35-11-5-31(6-12-35)50-22-20-48(21-23-50)27-28-16-18-49(19-17-28)32-7-13-36-37(24-32)43(55)51(42(36)54)39-14-15-40(52)46-41(39)53/h2,5-8,11-13,24-25,28,30,33,39H,1,3-4,9-10,14-23,27H2/p+1. The molecule has 4 amide bonds. The number of nitrogens with zero attached hydrogens (tertiary/aromatic N) is 6. The summed E-state index contributed by atoms with van der Waals surface area (Å²) >= 11 is 6.15. The van der Waals surface area contributed by atoms with Gasteiger partial charge in [0, 0.05) is 82.5 Å². The van der Waals surface area contributed by atoms with Crippen molar-refractivity contribution in [3.63, 3.8) is 0 Å². The topological polar surface area (TPSA) is 163 Å². The van der Waals surface area contributed by atoms with E-state index >= 15 is 0 Å². The molecular formula is C43H47ClN7O7S+. The van der Waals surface area contributed by atoms with E-state index in [1.54, 1.807) is 42.5 Å². The van der Waals surface area contributed by atoms with Crippen molar-refractivity contribution in [2.45, 2.75) is 74.4 Å². The number of carbonyl (C=O) groups excluding carboxylic acids is 4. The largest absolute Gasteiger partial charge is 0.490 e. The molecule has 4 heterocycles. The van der Waals surface area contributed by atoms with E-state index in [1.807, 2.05) is 24.3 Å². The number of anilines is 2. The van der Waals surface area contributed by atoms with Crippen molar-refractivity contribution in [2.75, 3.05) is 55.6 Å². The average Bonchev–Trinajstić information content (AvgIpc) is 3.49. The van der Waals surface area contributed by atoms with Crippen LogP contribution in [0, 0.1) is 17.2 Å². The molecule has 0 bridgehead atoms. The lowest BCUT2D eigenvalue weighted by molar-refractivity contribution is -0.413. The predicted octanol–water partition coefficient (Wildman–Crippen LogP) is 4.44. The Bertz CT molecular complexity index is 2330. The number of amides is 4. The Morgan fingerprint density at radius 2 is 1.46 bits per heavy atom. The number of rotatable bonds is 10. The molecule has 1 saturated carbocycles. The van der Waals surface area contributed by atoms with Crippen LogP contribution in [-0.4, -0.2) is 117 Å². The normalized spacial score (nSPS) is 23.2. The SMILES string of the molecule is C=[N+](C1CCC(Oc2ccc(C#N)c(Cl)c2)CC1)S(=O)(=O)c1ccc(N2CCN(CC3CCN(c4ccc5c(c4)C(=O)N(C4CCC(=O)NC4=O)C5=O)CC3)CC2)cc1. The molecule has 4 aliphatic heterocycles. The van der Waals surface area contributed by atoms with Crippen LogP contribution in [0.3, 0.4) is 0 Å². The van der Waals surface area contributed by atoms with Gasteiger partial charge < -0.3 is 14.5 Å². The number of hydrogen-bond acceptors (Lipinski definition) is 11. The van der Waals surface area contributed by atoms with Crippen molar-refractivity contribution in [2.24, 2.45) is 5.92 Å². The molecule has 0 spiro atoms. The van der Waals surface area contributed by atoms with E-state index in [1.165, 1.54) is 3.98 Å². The second-order valence-corrected chi connectivity index (χ2v) is 18.4. The van der Waals surface area contributed by atoms with Crippen LogP contribution in [0.1, 0.15) is 77.6 Å². The molecule has 1 unspecified atom stereocenters. The van der Waals surface area contributed by atoms with E-state index < -0.39 is 39.7 Å². The zero-order valence-corrected chi connectivity index (χ0v) is 34.3. The lowest BCUT2D eigenvalue weighted by atomic mass is 9.93. The zero-order valence-electron chi connectivity index (χ0n) is 32.7. The number of carbonyl (C=O) groups is 4. The van der Waals surface area contributed by atoms with Crippen molar-refractivity contribution in [1.29, 1.82) is 5.26 Å². The molecule has 308 valence electrons. The molecule has 8 rings (SSSR count). The van der Waals surface area contributed by atoms with E-state index in [0.717, 1.165) is 74.9 Å².